The first-order valence-corrected chi connectivity index (χ1v) is 9.70. The molecule has 0 amide bonds. The van der Waals surface area contributed by atoms with Gasteiger partial charge in [-0.15, -0.1) is 35.3 Å². The number of hydrogen-bond donors (Lipinski definition) is 1. The van der Waals surface area contributed by atoms with Gasteiger partial charge in [-0.3, -0.25) is 0 Å². The molecule has 142 valence electrons. The maximum absolute atomic E-state index is 5.29. The number of rotatable bonds is 6. The maximum atomic E-state index is 5.29. The van der Waals surface area contributed by atoms with Crippen LogP contribution in [0.5, 0.6) is 0 Å². The summed E-state index contributed by atoms with van der Waals surface area (Å²) >= 11 is 1.67. The molecule has 1 aromatic carbocycles. The number of nitrogens with zero attached hydrogens (tertiary/aromatic N) is 3. The van der Waals surface area contributed by atoms with E-state index in [0.29, 0.717) is 12.5 Å². The van der Waals surface area contributed by atoms with Gasteiger partial charge in [-0.05, 0) is 13.3 Å². The van der Waals surface area contributed by atoms with Crippen LogP contribution in [0.15, 0.2) is 40.7 Å². The van der Waals surface area contributed by atoms with Crippen LogP contribution in [0.4, 0.5) is 0 Å². The van der Waals surface area contributed by atoms with Gasteiger partial charge in [-0.1, -0.05) is 30.3 Å². The van der Waals surface area contributed by atoms with Crippen molar-refractivity contribution in [2.75, 3.05) is 33.4 Å². The van der Waals surface area contributed by atoms with Crippen molar-refractivity contribution >= 4 is 41.3 Å². The van der Waals surface area contributed by atoms with Crippen molar-refractivity contribution < 1.29 is 4.74 Å². The summed E-state index contributed by atoms with van der Waals surface area (Å²) in [6, 6.07) is 10.3. The number of ether oxygens (including phenoxy) is 1. The monoisotopic (exact) mass is 486 g/mol. The molecule has 1 N–H and O–H groups in total. The Bertz CT molecular complexity index is 692. The normalized spacial score (nSPS) is 17.2. The maximum Gasteiger partial charge on any atom is 0.194 e. The highest BCUT2D eigenvalue weighted by Gasteiger charge is 2.24. The molecule has 1 aliphatic rings. The minimum Gasteiger partial charge on any atom is -0.384 e. The quantitative estimate of drug-likeness (QED) is 0.383. The molecule has 1 unspecified atom stereocenters. The lowest BCUT2D eigenvalue weighted by atomic mass is 10.1. The standard InChI is InChI=1S/C19H26N4OS.HI/c1-3-20-19(23-10-9-15(12-23)13-24-2)21-11-18-22-17(14-25-18)16-7-5-4-6-8-16;/h4-8,14-15H,3,9-13H2,1-2H3,(H,20,21);1H. The first-order valence-electron chi connectivity index (χ1n) is 8.82. The Hall–Kier alpha value is -1.19. The fourth-order valence-electron chi connectivity index (χ4n) is 3.09. The number of nitrogens with one attached hydrogen (secondary N) is 1. The summed E-state index contributed by atoms with van der Waals surface area (Å²) in [6.45, 7) is 6.46. The van der Waals surface area contributed by atoms with E-state index in [0.717, 1.165) is 54.9 Å². The van der Waals surface area contributed by atoms with Crippen molar-refractivity contribution in [1.29, 1.82) is 0 Å². The molecule has 3 rings (SSSR count). The largest absolute Gasteiger partial charge is 0.384 e. The number of aromatic nitrogens is 1. The molecule has 26 heavy (non-hydrogen) atoms. The molecule has 0 saturated carbocycles. The second kappa shape index (κ2) is 10.8. The summed E-state index contributed by atoms with van der Waals surface area (Å²) in [6.07, 6.45) is 1.16. The summed E-state index contributed by atoms with van der Waals surface area (Å²) in [7, 11) is 1.77. The third-order valence-electron chi connectivity index (χ3n) is 4.31. The molecule has 7 heteroatoms. The molecular formula is C19H27IN4OS. The Balaban J connectivity index is 0.00000243. The summed E-state index contributed by atoms with van der Waals surface area (Å²) < 4.78 is 5.29. The van der Waals surface area contributed by atoms with Crippen molar-refractivity contribution in [3.63, 3.8) is 0 Å². The lowest BCUT2D eigenvalue weighted by Crippen LogP contribution is -2.40. The van der Waals surface area contributed by atoms with E-state index in [2.05, 4.69) is 34.7 Å². The van der Waals surface area contributed by atoms with Crippen LogP contribution in [0.3, 0.4) is 0 Å². The van der Waals surface area contributed by atoms with E-state index in [-0.39, 0.29) is 24.0 Å². The molecule has 1 saturated heterocycles. The van der Waals surface area contributed by atoms with E-state index in [9.17, 15) is 0 Å². The Morgan fingerprint density at radius 1 is 1.38 bits per heavy atom. The number of likely N-dealkylation sites (tertiary alicyclic amines) is 1. The van der Waals surface area contributed by atoms with Gasteiger partial charge in [0.25, 0.3) is 0 Å². The lowest BCUT2D eigenvalue weighted by Gasteiger charge is -2.21. The van der Waals surface area contributed by atoms with Crippen LogP contribution in [0.1, 0.15) is 18.4 Å². The van der Waals surface area contributed by atoms with E-state index in [1.807, 2.05) is 18.2 Å². The fourth-order valence-corrected chi connectivity index (χ4v) is 3.82. The molecule has 0 spiro atoms. The predicted octanol–water partition coefficient (Wildman–Crippen LogP) is 3.86. The molecule has 0 aliphatic carbocycles. The third-order valence-corrected chi connectivity index (χ3v) is 5.14. The van der Waals surface area contributed by atoms with Crippen molar-refractivity contribution in [2.24, 2.45) is 10.9 Å². The van der Waals surface area contributed by atoms with Gasteiger partial charge in [0.05, 0.1) is 18.8 Å². The molecule has 0 radical (unpaired) electrons. The highest BCUT2D eigenvalue weighted by Crippen LogP contribution is 2.22. The molecule has 0 bridgehead atoms. The van der Waals surface area contributed by atoms with Crippen LogP contribution in [0, 0.1) is 5.92 Å². The predicted molar refractivity (Wildman–Crippen MR) is 119 cm³/mol. The van der Waals surface area contributed by atoms with Gasteiger partial charge in [0.2, 0.25) is 0 Å². The van der Waals surface area contributed by atoms with Crippen LogP contribution in [0.25, 0.3) is 11.3 Å². The van der Waals surface area contributed by atoms with Gasteiger partial charge < -0.3 is 15.0 Å². The molecule has 1 atom stereocenters. The molecule has 1 aliphatic heterocycles. The van der Waals surface area contributed by atoms with Gasteiger partial charge in [-0.2, -0.15) is 0 Å². The zero-order valence-corrected chi connectivity index (χ0v) is 18.5. The number of halogens is 1. The summed E-state index contributed by atoms with van der Waals surface area (Å²) in [4.78, 5) is 11.9. The Morgan fingerprint density at radius 3 is 2.92 bits per heavy atom. The van der Waals surface area contributed by atoms with Gasteiger partial charge >= 0.3 is 0 Å². The van der Waals surface area contributed by atoms with Crippen molar-refractivity contribution in [1.82, 2.24) is 15.2 Å². The SMILES string of the molecule is CCNC(=NCc1nc(-c2ccccc2)cs1)N1CCC(COC)C1.I. The van der Waals surface area contributed by atoms with Crippen molar-refractivity contribution in [2.45, 2.75) is 19.9 Å². The molecule has 2 aromatic rings. The fraction of sp³-hybridized carbons (Fsp3) is 0.474. The van der Waals surface area contributed by atoms with Crippen LogP contribution >= 0.6 is 35.3 Å². The van der Waals surface area contributed by atoms with E-state index in [1.54, 1.807) is 18.4 Å². The second-order valence-corrected chi connectivity index (χ2v) is 7.16. The first kappa shape index (κ1) is 21.1. The van der Waals surface area contributed by atoms with Gasteiger partial charge in [0.1, 0.15) is 5.01 Å². The highest BCUT2D eigenvalue weighted by molar-refractivity contribution is 14.0. The Labute approximate surface area is 176 Å². The zero-order valence-electron chi connectivity index (χ0n) is 15.4. The van der Waals surface area contributed by atoms with E-state index < -0.39 is 0 Å². The van der Waals surface area contributed by atoms with E-state index >= 15 is 0 Å². The number of aliphatic imine (C=N–C) groups is 1. The number of methoxy groups -OCH3 is 1. The molecule has 1 aromatic heterocycles. The topological polar surface area (TPSA) is 49.8 Å². The Morgan fingerprint density at radius 2 is 2.19 bits per heavy atom. The van der Waals surface area contributed by atoms with Gasteiger partial charge in [0, 0.05) is 43.6 Å². The minimum atomic E-state index is 0. The first-order chi connectivity index (χ1) is 12.3. The zero-order chi connectivity index (χ0) is 17.5. The van der Waals surface area contributed by atoms with Gasteiger partial charge in [-0.25, -0.2) is 9.98 Å². The summed E-state index contributed by atoms with van der Waals surface area (Å²) in [5.41, 5.74) is 2.19. The number of hydrogen-bond acceptors (Lipinski definition) is 4. The molecule has 1 fully saturated rings. The Kier molecular flexibility index (Phi) is 8.80. The van der Waals surface area contributed by atoms with Crippen LogP contribution in [0.2, 0.25) is 0 Å². The van der Waals surface area contributed by atoms with E-state index in [1.165, 1.54) is 0 Å². The average molecular weight is 486 g/mol. The molecule has 5 nitrogen and oxygen atoms in total. The highest BCUT2D eigenvalue weighted by atomic mass is 127. The molecule has 2 heterocycles. The van der Waals surface area contributed by atoms with Crippen LogP contribution in [-0.2, 0) is 11.3 Å². The lowest BCUT2D eigenvalue weighted by molar-refractivity contribution is 0.157. The van der Waals surface area contributed by atoms with E-state index in [4.69, 9.17) is 14.7 Å². The van der Waals surface area contributed by atoms with Gasteiger partial charge in [0.15, 0.2) is 5.96 Å². The summed E-state index contributed by atoms with van der Waals surface area (Å²) in [5.74, 6) is 1.58. The minimum absolute atomic E-state index is 0. The number of benzene rings is 1. The third kappa shape index (κ3) is 5.65. The average Bonchev–Trinajstić information content (AvgIpc) is 3.29. The van der Waals surface area contributed by atoms with Crippen LogP contribution < -0.4 is 5.32 Å². The summed E-state index contributed by atoms with van der Waals surface area (Å²) in [5, 5.41) is 6.56. The van der Waals surface area contributed by atoms with Crippen LogP contribution in [-0.4, -0.2) is 49.2 Å². The second-order valence-electron chi connectivity index (χ2n) is 6.22. The number of thiazole rings is 1. The smallest absolute Gasteiger partial charge is 0.194 e. The number of guanidine groups is 1. The molecular weight excluding hydrogens is 459 g/mol. The van der Waals surface area contributed by atoms with Crippen molar-refractivity contribution in [3.05, 3.63) is 40.7 Å². The van der Waals surface area contributed by atoms with Crippen molar-refractivity contribution in [3.8, 4) is 11.3 Å².